The van der Waals surface area contributed by atoms with Crippen molar-refractivity contribution in [1.82, 2.24) is 0 Å². The highest BCUT2D eigenvalue weighted by Gasteiger charge is 2.39. The molecule has 2 aliphatic rings. The Labute approximate surface area is 370 Å². The highest BCUT2D eigenvalue weighted by atomic mass is 16.3. The van der Waals surface area contributed by atoms with Gasteiger partial charge >= 0.3 is 0 Å². The van der Waals surface area contributed by atoms with Gasteiger partial charge in [0.15, 0.2) is 0 Å². The van der Waals surface area contributed by atoms with E-state index < -0.39 is 0 Å². The molecular formula is C60H42N2O2. The zero-order chi connectivity index (χ0) is 42.6. The van der Waals surface area contributed by atoms with Gasteiger partial charge in [0.2, 0.25) is 0 Å². The number of furan rings is 2. The van der Waals surface area contributed by atoms with Crippen molar-refractivity contribution in [2.45, 2.75) is 38.5 Å². The Hall–Kier alpha value is -7.82. The summed E-state index contributed by atoms with van der Waals surface area (Å²) in [7, 11) is 0. The van der Waals surface area contributed by atoms with Gasteiger partial charge in [0.25, 0.3) is 0 Å². The SMILES string of the molecule is CC1(C)c2ccccc2N(c2ccc3c4ccc(N5c6ccccc6C(C)(C)c6cc7c(cc65)oc5ccccc57)cc4c4ccccc4c3c2)c2cc3oc4ccccc4c3cc21. The molecule has 4 heteroatoms. The smallest absolute Gasteiger partial charge is 0.137 e. The lowest BCUT2D eigenvalue weighted by molar-refractivity contribution is 0.630. The summed E-state index contributed by atoms with van der Waals surface area (Å²) in [4.78, 5) is 4.91. The first kappa shape index (κ1) is 35.7. The lowest BCUT2D eigenvalue weighted by atomic mass is 9.73. The van der Waals surface area contributed by atoms with Crippen molar-refractivity contribution in [3.8, 4) is 0 Å². The summed E-state index contributed by atoms with van der Waals surface area (Å²) in [6.45, 7) is 9.41. The van der Waals surface area contributed by atoms with Gasteiger partial charge in [-0.2, -0.15) is 0 Å². The molecule has 304 valence electrons. The molecule has 64 heavy (non-hydrogen) atoms. The van der Waals surface area contributed by atoms with Crippen LogP contribution in [-0.4, -0.2) is 0 Å². The van der Waals surface area contributed by atoms with Crippen LogP contribution in [0.2, 0.25) is 0 Å². The molecule has 0 spiro atoms. The van der Waals surface area contributed by atoms with E-state index in [0.29, 0.717) is 0 Å². The van der Waals surface area contributed by atoms with E-state index in [1.807, 2.05) is 12.1 Å². The van der Waals surface area contributed by atoms with Crippen molar-refractivity contribution >= 4 is 110 Å². The summed E-state index contributed by atoms with van der Waals surface area (Å²) in [5, 5.41) is 12.0. The second-order valence-corrected chi connectivity index (χ2v) is 18.9. The van der Waals surface area contributed by atoms with Crippen molar-refractivity contribution in [2.75, 3.05) is 9.80 Å². The molecule has 4 nitrogen and oxygen atoms in total. The first-order chi connectivity index (χ1) is 31.2. The van der Waals surface area contributed by atoms with Gasteiger partial charge < -0.3 is 18.6 Å². The molecule has 2 aromatic heterocycles. The topological polar surface area (TPSA) is 32.8 Å². The third kappa shape index (κ3) is 4.67. The molecule has 0 saturated heterocycles. The molecule has 10 aromatic carbocycles. The van der Waals surface area contributed by atoms with E-state index in [2.05, 4.69) is 207 Å². The van der Waals surface area contributed by atoms with Crippen molar-refractivity contribution in [3.63, 3.8) is 0 Å². The van der Waals surface area contributed by atoms with Crippen LogP contribution in [0.3, 0.4) is 0 Å². The largest absolute Gasteiger partial charge is 0.456 e. The molecule has 0 aliphatic carbocycles. The van der Waals surface area contributed by atoms with E-state index in [0.717, 1.165) is 66.6 Å². The number of para-hydroxylation sites is 4. The highest BCUT2D eigenvalue weighted by molar-refractivity contribution is 6.26. The van der Waals surface area contributed by atoms with E-state index in [-0.39, 0.29) is 10.8 Å². The van der Waals surface area contributed by atoms with E-state index in [1.165, 1.54) is 65.9 Å². The molecule has 0 bridgehead atoms. The third-order valence-corrected chi connectivity index (χ3v) is 14.8. The number of benzene rings is 10. The number of hydrogen-bond acceptors (Lipinski definition) is 4. The third-order valence-electron chi connectivity index (χ3n) is 14.8. The van der Waals surface area contributed by atoms with E-state index in [9.17, 15) is 0 Å². The van der Waals surface area contributed by atoms with Gasteiger partial charge in [0.05, 0.1) is 22.7 Å². The van der Waals surface area contributed by atoms with Crippen LogP contribution in [0.4, 0.5) is 34.1 Å². The molecule has 4 heterocycles. The number of rotatable bonds is 2. The maximum Gasteiger partial charge on any atom is 0.137 e. The Bertz CT molecular complexity index is 3720. The maximum absolute atomic E-state index is 6.53. The number of anilines is 6. The molecular weight excluding hydrogens is 781 g/mol. The summed E-state index contributed by atoms with van der Waals surface area (Å²) in [5.74, 6) is 0. The standard InChI is InChI=1S/C60H42N2O2/c1-59(2)47-19-9-11-21-51(47)61(53-33-57-45(31-49(53)59)41-17-7-13-23-55(41)63-57)35-25-27-39-40-28-26-36(30-44(40)38-16-6-5-15-37(38)43(39)29-35)62-52-22-12-10-20-48(52)60(3,4)50-32-46-42-18-8-14-24-56(42)64-58(46)34-54(50)62/h5-34H,1-4H3. The van der Waals surface area contributed by atoms with Gasteiger partial charge in [-0.15, -0.1) is 0 Å². The molecule has 0 fully saturated rings. The Morgan fingerprint density at radius 3 is 1.11 bits per heavy atom. The molecule has 0 N–H and O–H groups in total. The van der Waals surface area contributed by atoms with Crippen LogP contribution in [0.25, 0.3) is 76.2 Å². The fourth-order valence-electron chi connectivity index (χ4n) is 11.6. The van der Waals surface area contributed by atoms with E-state index in [1.54, 1.807) is 0 Å². The molecule has 2 aliphatic heterocycles. The van der Waals surface area contributed by atoms with Crippen molar-refractivity contribution < 1.29 is 8.83 Å². The average molecular weight is 823 g/mol. The summed E-state index contributed by atoms with van der Waals surface area (Å²) < 4.78 is 13.1. The molecule has 0 unspecified atom stereocenters. The second-order valence-electron chi connectivity index (χ2n) is 18.9. The first-order valence-corrected chi connectivity index (χ1v) is 22.3. The lowest BCUT2D eigenvalue weighted by Gasteiger charge is -2.42. The van der Waals surface area contributed by atoms with Gasteiger partial charge in [-0.05, 0) is 115 Å². The monoisotopic (exact) mass is 822 g/mol. The van der Waals surface area contributed by atoms with E-state index in [4.69, 9.17) is 8.83 Å². The summed E-state index contributed by atoms with van der Waals surface area (Å²) in [5.41, 5.74) is 15.3. The van der Waals surface area contributed by atoms with Gasteiger partial charge in [-0.3, -0.25) is 0 Å². The lowest BCUT2D eigenvalue weighted by Crippen LogP contribution is -2.30. The minimum Gasteiger partial charge on any atom is -0.456 e. The fourth-order valence-corrected chi connectivity index (χ4v) is 11.6. The number of hydrogen-bond donors (Lipinski definition) is 0. The maximum atomic E-state index is 6.53. The van der Waals surface area contributed by atoms with E-state index >= 15 is 0 Å². The minimum atomic E-state index is -0.227. The Morgan fingerprint density at radius 1 is 0.281 bits per heavy atom. The van der Waals surface area contributed by atoms with Crippen molar-refractivity contribution in [2.24, 2.45) is 0 Å². The van der Waals surface area contributed by atoms with Crippen LogP contribution in [0.1, 0.15) is 49.9 Å². The first-order valence-electron chi connectivity index (χ1n) is 22.3. The highest BCUT2D eigenvalue weighted by Crippen LogP contribution is 2.56. The normalized spacial score (nSPS) is 15.1. The van der Waals surface area contributed by atoms with Crippen LogP contribution in [0, 0.1) is 0 Å². The summed E-state index contributed by atoms with van der Waals surface area (Å²) in [6, 6.07) is 66.9. The van der Waals surface area contributed by atoms with Crippen molar-refractivity contribution in [3.05, 3.63) is 204 Å². The van der Waals surface area contributed by atoms with Crippen LogP contribution in [0.5, 0.6) is 0 Å². The number of fused-ring (bicyclic) bond motifs is 16. The molecule has 0 saturated carbocycles. The zero-order valence-electron chi connectivity index (χ0n) is 36.0. The molecule has 0 atom stereocenters. The summed E-state index contributed by atoms with van der Waals surface area (Å²) in [6.07, 6.45) is 0. The fraction of sp³-hybridized carbons (Fsp3) is 0.100. The van der Waals surface area contributed by atoms with Crippen LogP contribution in [0.15, 0.2) is 191 Å². The van der Waals surface area contributed by atoms with Gasteiger partial charge in [-0.1, -0.05) is 137 Å². The van der Waals surface area contributed by atoms with Gasteiger partial charge in [-0.25, -0.2) is 0 Å². The minimum absolute atomic E-state index is 0.227. The Morgan fingerprint density at radius 2 is 0.656 bits per heavy atom. The van der Waals surface area contributed by atoms with Crippen molar-refractivity contribution in [1.29, 1.82) is 0 Å². The Balaban J connectivity index is 0.982. The van der Waals surface area contributed by atoms with Gasteiger partial charge in [0, 0.05) is 55.9 Å². The quantitative estimate of drug-likeness (QED) is 0.163. The molecule has 14 rings (SSSR count). The van der Waals surface area contributed by atoms with Crippen LogP contribution >= 0.6 is 0 Å². The molecule has 0 radical (unpaired) electrons. The van der Waals surface area contributed by atoms with Crippen LogP contribution in [-0.2, 0) is 10.8 Å². The number of nitrogens with zero attached hydrogens (tertiary/aromatic N) is 2. The average Bonchev–Trinajstić information content (AvgIpc) is 3.88. The van der Waals surface area contributed by atoms with Crippen LogP contribution < -0.4 is 9.80 Å². The second kappa shape index (κ2) is 12.4. The molecule has 12 aromatic rings. The molecule has 0 amide bonds. The summed E-state index contributed by atoms with van der Waals surface area (Å²) >= 11 is 0. The zero-order valence-corrected chi connectivity index (χ0v) is 36.0. The predicted octanol–water partition coefficient (Wildman–Crippen LogP) is 17.2. The Kier molecular flexibility index (Phi) is 6.94. The predicted molar refractivity (Wildman–Crippen MR) is 267 cm³/mol. The van der Waals surface area contributed by atoms with Gasteiger partial charge in [0.1, 0.15) is 22.3 Å².